The molecule has 4 heteroatoms. The quantitative estimate of drug-likeness (QED) is 0.375. The number of hydrogen-bond acceptors (Lipinski definition) is 3. The van der Waals surface area contributed by atoms with Gasteiger partial charge in [0.25, 0.3) is 0 Å². The van der Waals surface area contributed by atoms with Crippen molar-refractivity contribution in [2.24, 2.45) is 5.92 Å². The van der Waals surface area contributed by atoms with Crippen LogP contribution in [0.25, 0.3) is 5.83 Å². The molecule has 1 aliphatic rings. The van der Waals surface area contributed by atoms with Crippen molar-refractivity contribution in [2.75, 3.05) is 0 Å². The summed E-state index contributed by atoms with van der Waals surface area (Å²) in [4.78, 5) is 0. The van der Waals surface area contributed by atoms with Crippen LogP contribution in [0.3, 0.4) is 0 Å². The number of ether oxygens (including phenoxy) is 3. The second kappa shape index (κ2) is 11.3. The largest absolute Gasteiger partial charge is 0.488 e. The third kappa shape index (κ3) is 5.70. The highest BCUT2D eigenvalue weighted by atomic mass is 19.1. The van der Waals surface area contributed by atoms with Gasteiger partial charge in [-0.15, -0.1) is 0 Å². The van der Waals surface area contributed by atoms with E-state index in [9.17, 15) is 0 Å². The molecule has 3 aromatic carbocycles. The first-order chi connectivity index (χ1) is 16.2. The lowest BCUT2D eigenvalue weighted by molar-refractivity contribution is -0.167. The smallest absolute Gasteiger partial charge is 0.170 e. The van der Waals surface area contributed by atoms with Gasteiger partial charge in [0.1, 0.15) is 12.2 Å². The Kier molecular flexibility index (Phi) is 7.92. The number of rotatable bonds is 8. The Labute approximate surface area is 195 Å². The van der Waals surface area contributed by atoms with Crippen molar-refractivity contribution in [3.05, 3.63) is 113 Å². The van der Waals surface area contributed by atoms with Crippen LogP contribution in [-0.4, -0.2) is 18.3 Å². The normalized spacial score (nSPS) is 24.2. The average Bonchev–Trinajstić information content (AvgIpc) is 2.88. The van der Waals surface area contributed by atoms with Gasteiger partial charge in [-0.05, 0) is 17.5 Å². The van der Waals surface area contributed by atoms with Crippen LogP contribution in [-0.2, 0) is 27.4 Å². The summed E-state index contributed by atoms with van der Waals surface area (Å²) >= 11 is 0. The maximum atomic E-state index is 15.8. The van der Waals surface area contributed by atoms with Gasteiger partial charge < -0.3 is 14.2 Å². The molecular weight excluding hydrogens is 415 g/mol. The molecule has 33 heavy (non-hydrogen) atoms. The predicted octanol–water partition coefficient (Wildman–Crippen LogP) is 6.94. The second-order valence-electron chi connectivity index (χ2n) is 8.45. The molecule has 0 radical (unpaired) electrons. The van der Waals surface area contributed by atoms with Crippen molar-refractivity contribution in [3.8, 4) is 0 Å². The first-order valence-electron chi connectivity index (χ1n) is 11.6. The molecule has 4 rings (SSSR count). The van der Waals surface area contributed by atoms with Gasteiger partial charge in [-0.1, -0.05) is 105 Å². The van der Waals surface area contributed by atoms with Crippen LogP contribution in [0.4, 0.5) is 4.39 Å². The van der Waals surface area contributed by atoms with Crippen LogP contribution in [0.5, 0.6) is 0 Å². The van der Waals surface area contributed by atoms with E-state index in [0.717, 1.165) is 17.5 Å². The van der Waals surface area contributed by atoms with Crippen molar-refractivity contribution in [3.63, 3.8) is 0 Å². The molecule has 1 fully saturated rings. The lowest BCUT2D eigenvalue weighted by atomic mass is 9.87. The van der Waals surface area contributed by atoms with Gasteiger partial charge in [0.05, 0.1) is 19.3 Å². The van der Waals surface area contributed by atoms with Gasteiger partial charge in [0, 0.05) is 11.5 Å². The minimum Gasteiger partial charge on any atom is -0.488 e. The Hall–Kier alpha value is -2.95. The Bertz CT molecular complexity index is 1020. The standard InChI is InChI=1S/C29H31FO3/c1-3-25-21(2)27(31-19-22-13-7-4-8-14-22)29(32-20-23-15-9-5-10-16-23)28(33-25)26(30)24-17-11-6-12-18-24/h4-18,21,25,27,29H,3,19-20H2,1-2H3/t21-,25-,27+,29-/m1/s1. The van der Waals surface area contributed by atoms with E-state index in [-0.39, 0.29) is 23.9 Å². The minimum atomic E-state index is -0.660. The van der Waals surface area contributed by atoms with Gasteiger partial charge in [0.2, 0.25) is 0 Å². The molecule has 0 spiro atoms. The van der Waals surface area contributed by atoms with Crippen LogP contribution in [0.15, 0.2) is 96.8 Å². The lowest BCUT2D eigenvalue weighted by Gasteiger charge is -2.42. The van der Waals surface area contributed by atoms with Gasteiger partial charge in [0.15, 0.2) is 11.6 Å². The van der Waals surface area contributed by atoms with Crippen molar-refractivity contribution >= 4 is 5.83 Å². The summed E-state index contributed by atoms with van der Waals surface area (Å²) < 4.78 is 34.8. The summed E-state index contributed by atoms with van der Waals surface area (Å²) in [6, 6.07) is 28.9. The Balaban J connectivity index is 1.67. The van der Waals surface area contributed by atoms with Crippen LogP contribution in [0.2, 0.25) is 0 Å². The maximum absolute atomic E-state index is 15.8. The molecule has 0 saturated carbocycles. The fourth-order valence-corrected chi connectivity index (χ4v) is 4.27. The Morgan fingerprint density at radius 2 is 1.30 bits per heavy atom. The van der Waals surface area contributed by atoms with Crippen LogP contribution < -0.4 is 0 Å². The van der Waals surface area contributed by atoms with Crippen molar-refractivity contribution in [2.45, 2.75) is 51.8 Å². The summed E-state index contributed by atoms with van der Waals surface area (Å²) in [6.07, 6.45) is -0.417. The predicted molar refractivity (Wildman–Crippen MR) is 129 cm³/mol. The van der Waals surface area contributed by atoms with Crippen molar-refractivity contribution < 1.29 is 18.6 Å². The van der Waals surface area contributed by atoms with E-state index in [1.54, 1.807) is 12.1 Å². The van der Waals surface area contributed by atoms with E-state index in [0.29, 0.717) is 18.8 Å². The molecule has 0 bridgehead atoms. The number of hydrogen-bond donors (Lipinski definition) is 0. The zero-order valence-electron chi connectivity index (χ0n) is 19.2. The molecule has 3 aromatic rings. The van der Waals surface area contributed by atoms with Gasteiger partial charge in [-0.2, -0.15) is 0 Å². The molecule has 172 valence electrons. The van der Waals surface area contributed by atoms with Gasteiger partial charge in [-0.3, -0.25) is 0 Å². The third-order valence-corrected chi connectivity index (χ3v) is 6.14. The molecular formula is C29H31FO3. The average molecular weight is 447 g/mol. The van der Waals surface area contributed by atoms with Gasteiger partial charge in [-0.25, -0.2) is 4.39 Å². The molecule has 1 saturated heterocycles. The summed E-state index contributed by atoms with van der Waals surface area (Å²) in [5, 5.41) is 0. The molecule has 0 N–H and O–H groups in total. The maximum Gasteiger partial charge on any atom is 0.170 e. The van der Waals surface area contributed by atoms with Crippen molar-refractivity contribution in [1.82, 2.24) is 0 Å². The molecule has 4 atom stereocenters. The molecule has 0 aromatic heterocycles. The fraction of sp³-hybridized carbons (Fsp3) is 0.310. The van der Waals surface area contributed by atoms with E-state index in [4.69, 9.17) is 14.2 Å². The summed E-state index contributed by atoms with van der Waals surface area (Å²) in [5.74, 6) is -0.140. The summed E-state index contributed by atoms with van der Waals surface area (Å²) in [7, 11) is 0. The van der Waals surface area contributed by atoms with Gasteiger partial charge >= 0.3 is 0 Å². The highest BCUT2D eigenvalue weighted by Gasteiger charge is 2.44. The third-order valence-electron chi connectivity index (χ3n) is 6.14. The number of halogens is 1. The Morgan fingerprint density at radius 1 is 0.788 bits per heavy atom. The molecule has 0 unspecified atom stereocenters. The van der Waals surface area contributed by atoms with Crippen LogP contribution in [0, 0.1) is 5.92 Å². The summed E-state index contributed by atoms with van der Waals surface area (Å²) in [5.41, 5.74) is 2.57. The second-order valence-corrected chi connectivity index (χ2v) is 8.45. The van der Waals surface area contributed by atoms with E-state index in [2.05, 4.69) is 13.8 Å². The van der Waals surface area contributed by atoms with Crippen LogP contribution in [0.1, 0.15) is 37.0 Å². The van der Waals surface area contributed by atoms with Crippen molar-refractivity contribution in [1.29, 1.82) is 0 Å². The minimum absolute atomic E-state index is 0.0341. The molecule has 1 aliphatic heterocycles. The molecule has 1 heterocycles. The van der Waals surface area contributed by atoms with E-state index >= 15 is 4.39 Å². The Morgan fingerprint density at radius 3 is 1.85 bits per heavy atom. The number of benzene rings is 3. The topological polar surface area (TPSA) is 27.7 Å². The molecule has 3 nitrogen and oxygen atoms in total. The highest BCUT2D eigenvalue weighted by Crippen LogP contribution is 2.38. The summed E-state index contributed by atoms with van der Waals surface area (Å²) in [6.45, 7) is 4.92. The van der Waals surface area contributed by atoms with E-state index < -0.39 is 11.9 Å². The molecule has 0 aliphatic carbocycles. The van der Waals surface area contributed by atoms with E-state index in [1.807, 2.05) is 78.9 Å². The molecule has 0 amide bonds. The first kappa shape index (κ1) is 23.2. The lowest BCUT2D eigenvalue weighted by Crippen LogP contribution is -2.49. The van der Waals surface area contributed by atoms with Crippen LogP contribution >= 0.6 is 0 Å². The SMILES string of the molecule is CC[C@H]1OC(=C(F)c2ccccc2)[C@H](OCc2ccccc2)[C@@H](OCc2ccccc2)[C@@H]1C. The monoisotopic (exact) mass is 446 g/mol. The van der Waals surface area contributed by atoms with E-state index in [1.165, 1.54) is 0 Å². The zero-order chi connectivity index (χ0) is 23.0. The highest BCUT2D eigenvalue weighted by molar-refractivity contribution is 5.62. The first-order valence-corrected chi connectivity index (χ1v) is 11.6. The fourth-order valence-electron chi connectivity index (χ4n) is 4.27. The zero-order valence-corrected chi connectivity index (χ0v) is 19.2.